The van der Waals surface area contributed by atoms with Crippen molar-refractivity contribution >= 4 is 35.0 Å². The van der Waals surface area contributed by atoms with Crippen molar-refractivity contribution in [3.8, 4) is 11.5 Å². The Balaban J connectivity index is 1.05. The highest BCUT2D eigenvalue weighted by Crippen LogP contribution is 2.36. The van der Waals surface area contributed by atoms with Gasteiger partial charge in [0.25, 0.3) is 11.8 Å². The number of aliphatic hydroxyl groups excluding tert-OH is 1. The average molecular weight is 521 g/mol. The molecule has 4 unspecified atom stereocenters. The Labute approximate surface area is 213 Å². The summed E-state index contributed by atoms with van der Waals surface area (Å²) in [6.45, 7) is 1.26. The third kappa shape index (κ3) is 5.51. The molecule has 3 aliphatic rings. The van der Waals surface area contributed by atoms with E-state index in [9.17, 15) is 14.7 Å². The Morgan fingerprint density at radius 1 is 1.03 bits per heavy atom. The first-order chi connectivity index (χ1) is 16.9. The van der Waals surface area contributed by atoms with Gasteiger partial charge in [-0.2, -0.15) is 0 Å². The van der Waals surface area contributed by atoms with E-state index in [1.165, 1.54) is 0 Å². The van der Waals surface area contributed by atoms with Crippen LogP contribution in [0.2, 0.25) is 10.0 Å². The Hall–Kier alpha value is -2.52. The predicted octanol–water partition coefficient (Wildman–Crippen LogP) is 3.13. The molecular weight excluding hydrogens is 495 g/mol. The number of benzene rings is 2. The predicted molar refractivity (Wildman–Crippen MR) is 129 cm³/mol. The number of hydrogen-bond acceptors (Lipinski definition) is 6. The molecule has 0 bridgehead atoms. The molecule has 2 saturated heterocycles. The zero-order valence-corrected chi connectivity index (χ0v) is 20.4. The van der Waals surface area contributed by atoms with Crippen LogP contribution in [0.25, 0.3) is 0 Å². The molecule has 2 N–H and O–H groups in total. The second-order valence-corrected chi connectivity index (χ2v) is 9.95. The van der Waals surface area contributed by atoms with E-state index >= 15 is 0 Å². The van der Waals surface area contributed by atoms with Crippen molar-refractivity contribution in [3.63, 3.8) is 0 Å². The largest absolute Gasteiger partial charge is 0.487 e. The maximum absolute atomic E-state index is 12.8. The molecule has 10 heteroatoms. The third-order valence-electron chi connectivity index (χ3n) is 6.50. The maximum atomic E-state index is 12.8. The molecule has 0 aromatic heterocycles. The average Bonchev–Trinajstić information content (AvgIpc) is 2.82. The number of rotatable bonds is 5. The molecule has 5 rings (SSSR count). The number of ether oxygens (including phenoxy) is 3. The van der Waals surface area contributed by atoms with Gasteiger partial charge in [-0.15, -0.1) is 0 Å². The molecule has 2 aromatic carbocycles. The Morgan fingerprint density at radius 3 is 2.49 bits per heavy atom. The molecule has 4 atom stereocenters. The summed E-state index contributed by atoms with van der Waals surface area (Å²) in [7, 11) is 0. The topological polar surface area (TPSA) is 97.3 Å². The number of carbonyl (C=O) groups excluding carboxylic acids is 2. The molecule has 0 radical (unpaired) electrons. The Bertz CT molecular complexity index is 1080. The van der Waals surface area contributed by atoms with Crippen LogP contribution in [0, 0.1) is 0 Å². The molecule has 0 saturated carbocycles. The molecule has 2 fully saturated rings. The van der Waals surface area contributed by atoms with Gasteiger partial charge in [-0.05, 0) is 55.3 Å². The van der Waals surface area contributed by atoms with E-state index < -0.39 is 18.3 Å². The summed E-state index contributed by atoms with van der Waals surface area (Å²) in [6.07, 6.45) is -0.951. The fourth-order valence-electron chi connectivity index (χ4n) is 4.53. The van der Waals surface area contributed by atoms with E-state index in [0.29, 0.717) is 47.3 Å². The summed E-state index contributed by atoms with van der Waals surface area (Å²) in [5.41, 5.74) is 0.579. The summed E-state index contributed by atoms with van der Waals surface area (Å²) in [5, 5.41) is 14.5. The SMILES string of the molecule is O=C(NC1CCC(C(=O)N2CC(Oc3ccc(Cl)cc3)C2)OC1)C1CC(O)c2cc(Cl)ccc2O1. The lowest BCUT2D eigenvalue weighted by Crippen LogP contribution is -2.60. The Morgan fingerprint density at radius 2 is 1.77 bits per heavy atom. The molecule has 3 heterocycles. The van der Waals surface area contributed by atoms with Crippen molar-refractivity contribution in [1.82, 2.24) is 10.2 Å². The van der Waals surface area contributed by atoms with Gasteiger partial charge in [-0.3, -0.25) is 9.59 Å². The summed E-state index contributed by atoms with van der Waals surface area (Å²) in [4.78, 5) is 27.2. The van der Waals surface area contributed by atoms with Gasteiger partial charge in [-0.25, -0.2) is 0 Å². The van der Waals surface area contributed by atoms with Crippen molar-refractivity contribution in [2.75, 3.05) is 19.7 Å². The first-order valence-corrected chi connectivity index (χ1v) is 12.4. The number of nitrogens with zero attached hydrogens (tertiary/aromatic N) is 1. The van der Waals surface area contributed by atoms with Gasteiger partial charge in [0.15, 0.2) is 6.10 Å². The molecule has 8 nitrogen and oxygen atoms in total. The van der Waals surface area contributed by atoms with Gasteiger partial charge in [0, 0.05) is 22.0 Å². The van der Waals surface area contributed by atoms with Crippen LogP contribution < -0.4 is 14.8 Å². The first-order valence-electron chi connectivity index (χ1n) is 11.6. The molecule has 2 amide bonds. The van der Waals surface area contributed by atoms with Crippen LogP contribution in [0.4, 0.5) is 0 Å². The van der Waals surface area contributed by atoms with E-state index in [4.69, 9.17) is 37.4 Å². The molecule has 3 aliphatic heterocycles. The number of carbonyl (C=O) groups is 2. The van der Waals surface area contributed by atoms with Gasteiger partial charge >= 0.3 is 0 Å². The molecule has 0 aliphatic carbocycles. The minimum atomic E-state index is -0.832. The van der Waals surface area contributed by atoms with Gasteiger partial charge in [0.05, 0.1) is 31.8 Å². The normalized spacial score (nSPS) is 26.2. The standard InChI is InChI=1S/C25H26Cl2N2O6/c26-14-1-5-17(6-2-14)34-18-11-29(12-18)25(32)22-8-4-16(13-33-22)28-24(31)23-10-20(30)19-9-15(27)3-7-21(19)35-23/h1-3,5-7,9,16,18,20,22-23,30H,4,8,10-13H2,(H,28,31). The molecule has 186 valence electrons. The van der Waals surface area contributed by atoms with Crippen LogP contribution in [-0.2, 0) is 14.3 Å². The Kier molecular flexibility index (Phi) is 7.07. The summed E-state index contributed by atoms with van der Waals surface area (Å²) in [5.74, 6) is 0.806. The minimum Gasteiger partial charge on any atom is -0.487 e. The van der Waals surface area contributed by atoms with E-state index in [1.807, 2.05) is 0 Å². The van der Waals surface area contributed by atoms with E-state index in [1.54, 1.807) is 47.4 Å². The van der Waals surface area contributed by atoms with Crippen LogP contribution in [0.1, 0.15) is 30.9 Å². The van der Waals surface area contributed by atoms with Crippen molar-refractivity contribution in [2.45, 2.75) is 49.7 Å². The summed E-state index contributed by atoms with van der Waals surface area (Å²) in [6, 6.07) is 11.9. The first kappa shape index (κ1) is 24.2. The highest BCUT2D eigenvalue weighted by Gasteiger charge is 2.39. The fraction of sp³-hybridized carbons (Fsp3) is 0.440. The number of amides is 2. The van der Waals surface area contributed by atoms with Crippen LogP contribution >= 0.6 is 23.2 Å². The second-order valence-electron chi connectivity index (χ2n) is 9.08. The molecule has 0 spiro atoms. The van der Waals surface area contributed by atoms with Crippen LogP contribution in [0.3, 0.4) is 0 Å². The zero-order valence-electron chi connectivity index (χ0n) is 18.9. The quantitative estimate of drug-likeness (QED) is 0.628. The lowest BCUT2D eigenvalue weighted by atomic mass is 9.98. The maximum Gasteiger partial charge on any atom is 0.261 e. The number of nitrogens with one attached hydrogen (secondary N) is 1. The molecule has 35 heavy (non-hydrogen) atoms. The number of aliphatic hydroxyl groups is 1. The number of hydrogen-bond donors (Lipinski definition) is 2. The second kappa shape index (κ2) is 10.2. The van der Waals surface area contributed by atoms with Crippen molar-refractivity contribution in [1.29, 1.82) is 0 Å². The number of halogens is 2. The van der Waals surface area contributed by atoms with Crippen LogP contribution in [0.5, 0.6) is 11.5 Å². The number of likely N-dealkylation sites (tertiary alicyclic amines) is 1. The van der Waals surface area contributed by atoms with Gasteiger partial charge in [0.2, 0.25) is 0 Å². The monoisotopic (exact) mass is 520 g/mol. The minimum absolute atomic E-state index is 0.0530. The van der Waals surface area contributed by atoms with Gasteiger partial charge < -0.3 is 29.5 Å². The van der Waals surface area contributed by atoms with Crippen molar-refractivity contribution < 1.29 is 28.9 Å². The summed E-state index contributed by atoms with van der Waals surface area (Å²) >= 11 is 11.9. The van der Waals surface area contributed by atoms with E-state index in [-0.39, 0.29) is 37.0 Å². The molecule has 2 aromatic rings. The lowest BCUT2D eigenvalue weighted by molar-refractivity contribution is -0.156. The van der Waals surface area contributed by atoms with Crippen molar-refractivity contribution in [2.24, 2.45) is 0 Å². The summed E-state index contributed by atoms with van der Waals surface area (Å²) < 4.78 is 17.4. The van der Waals surface area contributed by atoms with Crippen molar-refractivity contribution in [3.05, 3.63) is 58.1 Å². The van der Waals surface area contributed by atoms with E-state index in [2.05, 4.69) is 5.32 Å². The van der Waals surface area contributed by atoms with Crippen LogP contribution in [0.15, 0.2) is 42.5 Å². The van der Waals surface area contributed by atoms with Crippen LogP contribution in [-0.4, -0.2) is 65.9 Å². The van der Waals surface area contributed by atoms with E-state index in [0.717, 1.165) is 5.75 Å². The van der Waals surface area contributed by atoms with Gasteiger partial charge in [0.1, 0.15) is 23.7 Å². The highest BCUT2D eigenvalue weighted by atomic mass is 35.5. The highest BCUT2D eigenvalue weighted by molar-refractivity contribution is 6.30. The van der Waals surface area contributed by atoms with Gasteiger partial charge in [-0.1, -0.05) is 23.2 Å². The lowest BCUT2D eigenvalue weighted by Gasteiger charge is -2.41. The zero-order chi connectivity index (χ0) is 24.5. The third-order valence-corrected chi connectivity index (χ3v) is 6.99. The smallest absolute Gasteiger partial charge is 0.261 e. The molecular formula is C25H26Cl2N2O6. The number of fused-ring (bicyclic) bond motifs is 1. The fourth-order valence-corrected chi connectivity index (χ4v) is 4.84.